The Kier molecular flexibility index (Phi) is 10.8. The molecule has 0 bridgehead atoms. The molecule has 0 saturated heterocycles. The van der Waals surface area contributed by atoms with Gasteiger partial charge in [0, 0.05) is 17.5 Å². The van der Waals surface area contributed by atoms with Crippen molar-refractivity contribution in [3.8, 4) is 23.0 Å². The number of ether oxygens (including phenoxy) is 4. The predicted octanol–water partition coefficient (Wildman–Crippen LogP) is -0.749. The van der Waals surface area contributed by atoms with Crippen molar-refractivity contribution in [2.75, 3.05) is 33.8 Å². The summed E-state index contributed by atoms with van der Waals surface area (Å²) >= 11 is 0. The zero-order chi connectivity index (χ0) is 24.8. The first kappa shape index (κ1) is 29.6. The van der Waals surface area contributed by atoms with Crippen molar-refractivity contribution in [2.45, 2.75) is 25.1 Å². The number of carboxylic acid groups (broad SMARTS) is 1. The van der Waals surface area contributed by atoms with E-state index in [9.17, 15) is 18.3 Å². The Labute approximate surface area is 222 Å². The fourth-order valence-corrected chi connectivity index (χ4v) is 4.06. The normalized spacial score (nSPS) is 11.5. The summed E-state index contributed by atoms with van der Waals surface area (Å²) in [6, 6.07) is 7.93. The summed E-state index contributed by atoms with van der Waals surface area (Å²) in [6.07, 6.45) is 1.40. The van der Waals surface area contributed by atoms with Crippen LogP contribution in [0.15, 0.2) is 35.7 Å². The Morgan fingerprint density at radius 2 is 1.53 bits per heavy atom. The molecule has 0 saturated carbocycles. The van der Waals surface area contributed by atoms with Crippen molar-refractivity contribution >= 4 is 27.6 Å². The van der Waals surface area contributed by atoms with Crippen LogP contribution in [0.1, 0.15) is 25.0 Å². The molecule has 0 atom stereocenters. The minimum atomic E-state index is -3.72. The topological polar surface area (TPSA) is 123 Å². The molecule has 2 aromatic rings. The summed E-state index contributed by atoms with van der Waals surface area (Å²) in [6.45, 7) is 2.87. The second-order valence-corrected chi connectivity index (χ2v) is 9.51. The molecule has 2 rings (SSSR count). The van der Waals surface area contributed by atoms with Crippen molar-refractivity contribution < 1.29 is 66.8 Å². The third kappa shape index (κ3) is 7.56. The summed E-state index contributed by atoms with van der Waals surface area (Å²) in [5.74, 6) is 0.00796. The molecule has 0 radical (unpaired) electrons. The van der Waals surface area contributed by atoms with E-state index in [2.05, 4.69) is 5.32 Å². The summed E-state index contributed by atoms with van der Waals surface area (Å²) in [4.78, 5) is 11.4. The predicted molar refractivity (Wildman–Crippen MR) is 123 cm³/mol. The van der Waals surface area contributed by atoms with Gasteiger partial charge in [-0.25, -0.2) is 8.42 Å². The second kappa shape index (κ2) is 12.3. The van der Waals surface area contributed by atoms with Gasteiger partial charge in [-0.2, -0.15) is 0 Å². The molecule has 0 aliphatic carbocycles. The minimum Gasteiger partial charge on any atom is -0.548 e. The van der Waals surface area contributed by atoms with Crippen molar-refractivity contribution in [1.82, 2.24) is 0 Å². The third-order valence-electron chi connectivity index (χ3n) is 4.78. The molecular weight excluding hydrogens is 473 g/mol. The monoisotopic (exact) mass is 501 g/mol. The van der Waals surface area contributed by atoms with E-state index in [1.165, 1.54) is 54.4 Å². The molecule has 9 nitrogen and oxygen atoms in total. The average molecular weight is 502 g/mol. The standard InChI is InChI=1S/C23H29NO8S.Na/c1-23(2,22(25)26)24-18-11-15(7-8-19(18)30-4)14-33(27,28)10-9-17-20(31-5)12-16(29-3)13-21(17)32-6;/h7-13,24H,14H2,1-6H3,(H,25,26);/q;+1/p-1/b10-9+;. The van der Waals surface area contributed by atoms with E-state index in [1.54, 1.807) is 24.3 Å². The first-order chi connectivity index (χ1) is 15.5. The van der Waals surface area contributed by atoms with Gasteiger partial charge >= 0.3 is 29.6 Å². The summed E-state index contributed by atoms with van der Waals surface area (Å²) in [7, 11) is 2.13. The largest absolute Gasteiger partial charge is 1.00 e. The smallest absolute Gasteiger partial charge is 0.548 e. The first-order valence-corrected chi connectivity index (χ1v) is 11.5. The van der Waals surface area contributed by atoms with Crippen LogP contribution in [-0.2, 0) is 20.4 Å². The molecule has 0 aromatic heterocycles. The number of carbonyl (C=O) groups excluding carboxylic acids is 1. The fourth-order valence-electron chi connectivity index (χ4n) is 2.98. The molecule has 2 aromatic carbocycles. The van der Waals surface area contributed by atoms with Crippen LogP contribution >= 0.6 is 0 Å². The molecule has 0 fully saturated rings. The molecule has 180 valence electrons. The SMILES string of the molecule is COc1cc(OC)c(/C=C/S(=O)(=O)Cc2ccc(OC)c(NC(C)(C)C(=O)[O-])c2)c(OC)c1.[Na+]. The molecule has 0 aliphatic heterocycles. The maximum Gasteiger partial charge on any atom is 1.00 e. The number of methoxy groups -OCH3 is 4. The van der Waals surface area contributed by atoms with Gasteiger partial charge < -0.3 is 34.2 Å². The van der Waals surface area contributed by atoms with E-state index in [1.807, 2.05) is 0 Å². The summed E-state index contributed by atoms with van der Waals surface area (Å²) in [5.41, 5.74) is -0.184. The molecule has 0 aliphatic rings. The van der Waals surface area contributed by atoms with Crippen LogP contribution in [-0.4, -0.2) is 48.4 Å². The Balaban J connectivity index is 0.00000578. The van der Waals surface area contributed by atoms with Gasteiger partial charge in [0.25, 0.3) is 0 Å². The van der Waals surface area contributed by atoms with Crippen LogP contribution in [0.3, 0.4) is 0 Å². The second-order valence-electron chi connectivity index (χ2n) is 7.63. The summed E-state index contributed by atoms with van der Waals surface area (Å²) in [5, 5.41) is 15.2. The number of anilines is 1. The third-order valence-corrected chi connectivity index (χ3v) is 6.07. The fraction of sp³-hybridized carbons (Fsp3) is 0.348. The van der Waals surface area contributed by atoms with Gasteiger partial charge in [-0.3, -0.25) is 0 Å². The molecule has 34 heavy (non-hydrogen) atoms. The average Bonchev–Trinajstić information content (AvgIpc) is 2.76. The van der Waals surface area contributed by atoms with Crippen LogP contribution in [0.25, 0.3) is 6.08 Å². The molecule has 11 heteroatoms. The van der Waals surface area contributed by atoms with Crippen LogP contribution < -0.4 is 58.9 Å². The number of hydrogen-bond donors (Lipinski definition) is 1. The Morgan fingerprint density at radius 1 is 0.971 bits per heavy atom. The zero-order valence-corrected chi connectivity index (χ0v) is 23.2. The Morgan fingerprint density at radius 3 is 2.00 bits per heavy atom. The quantitative estimate of drug-likeness (QED) is 0.396. The molecule has 0 spiro atoms. The molecular formula is C23H28NNaO8S. The molecule has 0 heterocycles. The minimum absolute atomic E-state index is 0. The van der Waals surface area contributed by atoms with E-state index in [4.69, 9.17) is 18.9 Å². The van der Waals surface area contributed by atoms with Gasteiger partial charge in [0.05, 0.1) is 57.0 Å². The number of benzene rings is 2. The maximum absolute atomic E-state index is 12.8. The summed E-state index contributed by atoms with van der Waals surface area (Å²) < 4.78 is 46.7. The Bertz CT molecular complexity index is 1120. The zero-order valence-electron chi connectivity index (χ0n) is 20.4. The number of carbonyl (C=O) groups is 1. The first-order valence-electron chi connectivity index (χ1n) is 9.83. The van der Waals surface area contributed by atoms with E-state index in [0.717, 1.165) is 5.41 Å². The molecule has 1 N–H and O–H groups in total. The van der Waals surface area contributed by atoms with Crippen LogP contribution in [0.4, 0.5) is 5.69 Å². The number of nitrogens with one attached hydrogen (secondary N) is 1. The van der Waals surface area contributed by atoms with E-state index < -0.39 is 21.3 Å². The number of aliphatic carboxylic acids is 1. The van der Waals surface area contributed by atoms with E-state index >= 15 is 0 Å². The van der Waals surface area contributed by atoms with Crippen molar-refractivity contribution in [3.63, 3.8) is 0 Å². The van der Waals surface area contributed by atoms with E-state index in [-0.39, 0.29) is 35.3 Å². The van der Waals surface area contributed by atoms with Gasteiger partial charge in [0.1, 0.15) is 23.0 Å². The van der Waals surface area contributed by atoms with Crippen LogP contribution in [0, 0.1) is 0 Å². The maximum atomic E-state index is 12.8. The van der Waals surface area contributed by atoms with Gasteiger partial charge in [0.15, 0.2) is 9.84 Å². The van der Waals surface area contributed by atoms with Gasteiger partial charge in [0.2, 0.25) is 0 Å². The van der Waals surface area contributed by atoms with Crippen molar-refractivity contribution in [2.24, 2.45) is 0 Å². The van der Waals surface area contributed by atoms with Crippen molar-refractivity contribution in [3.05, 3.63) is 46.9 Å². The van der Waals surface area contributed by atoms with E-state index in [0.29, 0.717) is 39.8 Å². The van der Waals surface area contributed by atoms with Crippen molar-refractivity contribution in [1.29, 1.82) is 0 Å². The van der Waals surface area contributed by atoms with Crippen LogP contribution in [0.2, 0.25) is 0 Å². The Hall–Kier alpha value is -2.40. The molecule has 0 unspecified atom stereocenters. The van der Waals surface area contributed by atoms with Crippen LogP contribution in [0.5, 0.6) is 23.0 Å². The molecule has 0 amide bonds. The number of rotatable bonds is 11. The number of carboxylic acids is 1. The number of hydrogen-bond acceptors (Lipinski definition) is 9. The van der Waals surface area contributed by atoms with Gasteiger partial charge in [-0.15, -0.1) is 0 Å². The number of sulfone groups is 1. The van der Waals surface area contributed by atoms with Gasteiger partial charge in [-0.05, 0) is 37.6 Å². The van der Waals surface area contributed by atoms with Gasteiger partial charge in [-0.1, -0.05) is 6.07 Å².